The molecule has 0 radical (unpaired) electrons. The number of hydrogen-bond acceptors (Lipinski definition) is 3. The van der Waals surface area contributed by atoms with Crippen molar-refractivity contribution in [1.82, 2.24) is 0 Å². The third kappa shape index (κ3) is 2.38. The van der Waals surface area contributed by atoms with E-state index in [9.17, 15) is 0 Å². The summed E-state index contributed by atoms with van der Waals surface area (Å²) in [7, 11) is 1.61. The second kappa shape index (κ2) is 5.20. The van der Waals surface area contributed by atoms with Gasteiger partial charge in [0.2, 0.25) is 0 Å². The summed E-state index contributed by atoms with van der Waals surface area (Å²) >= 11 is 6.03. The molecule has 4 heteroatoms. The molecular formula is C10H14ClNO2. The maximum Gasteiger partial charge on any atom is 0.140 e. The first-order valence-corrected chi connectivity index (χ1v) is 4.77. The van der Waals surface area contributed by atoms with Crippen LogP contribution in [0.3, 0.4) is 0 Å². The predicted molar refractivity (Wildman–Crippen MR) is 56.4 cm³/mol. The lowest BCUT2D eigenvalue weighted by Gasteiger charge is -2.10. The molecule has 1 aromatic rings. The third-order valence-electron chi connectivity index (χ3n) is 2.02. The smallest absolute Gasteiger partial charge is 0.140 e. The van der Waals surface area contributed by atoms with Crippen LogP contribution in [0, 0.1) is 0 Å². The van der Waals surface area contributed by atoms with Crippen molar-refractivity contribution in [3.05, 3.63) is 28.3 Å². The molecule has 0 saturated carbocycles. The minimum Gasteiger partial charge on any atom is -0.495 e. The molecule has 0 amide bonds. The first-order chi connectivity index (χ1) is 6.72. The molecule has 0 heterocycles. The van der Waals surface area contributed by atoms with Crippen molar-refractivity contribution in [1.29, 1.82) is 0 Å². The lowest BCUT2D eigenvalue weighted by molar-refractivity contribution is 0.124. The van der Waals surface area contributed by atoms with E-state index in [-0.39, 0.29) is 0 Å². The number of ether oxygens (including phenoxy) is 1. The molecule has 0 spiro atoms. The van der Waals surface area contributed by atoms with Crippen molar-refractivity contribution in [3.63, 3.8) is 0 Å². The quantitative estimate of drug-likeness (QED) is 0.784. The maximum atomic E-state index is 6.03. The first-order valence-electron chi connectivity index (χ1n) is 4.39. The summed E-state index contributed by atoms with van der Waals surface area (Å²) in [6, 6.07) is 3.78. The predicted octanol–water partition coefficient (Wildman–Crippen LogP) is 2.30. The van der Waals surface area contributed by atoms with Crippen LogP contribution in [0.15, 0.2) is 12.1 Å². The Balaban J connectivity index is 3.10. The summed E-state index contributed by atoms with van der Waals surface area (Å²) in [4.78, 5) is 4.56. The van der Waals surface area contributed by atoms with Crippen molar-refractivity contribution in [2.24, 2.45) is 5.90 Å². The van der Waals surface area contributed by atoms with Crippen molar-refractivity contribution < 1.29 is 9.57 Å². The molecular weight excluding hydrogens is 202 g/mol. The molecule has 0 aromatic heterocycles. The molecule has 0 fully saturated rings. The Morgan fingerprint density at radius 2 is 2.14 bits per heavy atom. The van der Waals surface area contributed by atoms with Crippen LogP contribution in [0.25, 0.3) is 0 Å². The molecule has 1 rings (SSSR count). The van der Waals surface area contributed by atoms with Gasteiger partial charge in [-0.15, -0.1) is 0 Å². The van der Waals surface area contributed by atoms with E-state index in [1.54, 1.807) is 13.2 Å². The van der Waals surface area contributed by atoms with Crippen LogP contribution in [0.4, 0.5) is 0 Å². The van der Waals surface area contributed by atoms with Crippen LogP contribution in [-0.2, 0) is 17.9 Å². The molecule has 0 unspecified atom stereocenters. The molecule has 0 aliphatic carbocycles. The number of nitrogens with two attached hydrogens (primary N) is 1. The monoisotopic (exact) mass is 215 g/mol. The average Bonchev–Trinajstić information content (AvgIpc) is 2.17. The number of methoxy groups -OCH3 is 1. The first kappa shape index (κ1) is 11.3. The standard InChI is InChI=1S/C10H14ClNO2/c1-3-8-4-7(6-14-12)5-9(11)10(8)13-2/h4-5H,3,6,12H2,1-2H3. The number of aryl methyl sites for hydroxylation is 1. The highest BCUT2D eigenvalue weighted by molar-refractivity contribution is 6.32. The Morgan fingerprint density at radius 3 is 2.64 bits per heavy atom. The Bertz CT molecular complexity index is 315. The fraction of sp³-hybridized carbons (Fsp3) is 0.400. The Hall–Kier alpha value is -0.770. The summed E-state index contributed by atoms with van der Waals surface area (Å²) in [5, 5.41) is 0.596. The summed E-state index contributed by atoms with van der Waals surface area (Å²) in [5.41, 5.74) is 2.02. The number of benzene rings is 1. The van der Waals surface area contributed by atoms with Gasteiger partial charge in [-0.05, 0) is 29.7 Å². The van der Waals surface area contributed by atoms with Gasteiger partial charge < -0.3 is 4.74 Å². The average molecular weight is 216 g/mol. The minimum absolute atomic E-state index is 0.358. The van der Waals surface area contributed by atoms with E-state index in [4.69, 9.17) is 22.2 Å². The van der Waals surface area contributed by atoms with E-state index in [1.807, 2.05) is 13.0 Å². The van der Waals surface area contributed by atoms with E-state index < -0.39 is 0 Å². The molecule has 2 N–H and O–H groups in total. The largest absolute Gasteiger partial charge is 0.495 e. The van der Waals surface area contributed by atoms with Gasteiger partial charge in [0.25, 0.3) is 0 Å². The van der Waals surface area contributed by atoms with E-state index in [2.05, 4.69) is 4.84 Å². The highest BCUT2D eigenvalue weighted by atomic mass is 35.5. The topological polar surface area (TPSA) is 44.5 Å². The summed E-state index contributed by atoms with van der Waals surface area (Å²) in [6.07, 6.45) is 0.862. The summed E-state index contributed by atoms with van der Waals surface area (Å²) in [6.45, 7) is 2.40. The lowest BCUT2D eigenvalue weighted by atomic mass is 10.1. The van der Waals surface area contributed by atoms with E-state index >= 15 is 0 Å². The Kier molecular flexibility index (Phi) is 4.20. The molecule has 1 aromatic carbocycles. The molecule has 0 saturated heterocycles. The molecule has 0 aliphatic heterocycles. The van der Waals surface area contributed by atoms with Crippen LogP contribution in [0.2, 0.25) is 5.02 Å². The fourth-order valence-electron chi connectivity index (χ4n) is 1.38. The van der Waals surface area contributed by atoms with Crippen LogP contribution >= 0.6 is 11.6 Å². The lowest BCUT2D eigenvalue weighted by Crippen LogP contribution is -2.01. The number of hydrogen-bond donors (Lipinski definition) is 1. The fourth-order valence-corrected chi connectivity index (χ4v) is 1.72. The third-order valence-corrected chi connectivity index (χ3v) is 2.30. The highest BCUT2D eigenvalue weighted by Crippen LogP contribution is 2.30. The van der Waals surface area contributed by atoms with E-state index in [1.165, 1.54) is 0 Å². The van der Waals surface area contributed by atoms with Crippen LogP contribution in [0.1, 0.15) is 18.1 Å². The molecule has 3 nitrogen and oxygen atoms in total. The molecule has 0 atom stereocenters. The van der Waals surface area contributed by atoms with Gasteiger partial charge in [0.15, 0.2) is 0 Å². The van der Waals surface area contributed by atoms with Crippen molar-refractivity contribution >= 4 is 11.6 Å². The Labute approximate surface area is 88.7 Å². The van der Waals surface area contributed by atoms with Crippen molar-refractivity contribution in [3.8, 4) is 5.75 Å². The second-order valence-electron chi connectivity index (χ2n) is 2.93. The second-order valence-corrected chi connectivity index (χ2v) is 3.34. The van der Waals surface area contributed by atoms with Crippen molar-refractivity contribution in [2.75, 3.05) is 7.11 Å². The van der Waals surface area contributed by atoms with Crippen LogP contribution in [0.5, 0.6) is 5.75 Å². The van der Waals surface area contributed by atoms with Crippen molar-refractivity contribution in [2.45, 2.75) is 20.0 Å². The van der Waals surface area contributed by atoms with Gasteiger partial charge in [-0.3, -0.25) is 4.84 Å². The highest BCUT2D eigenvalue weighted by Gasteiger charge is 2.08. The molecule has 78 valence electrons. The summed E-state index contributed by atoms with van der Waals surface area (Å²) in [5.74, 6) is 5.73. The molecule has 14 heavy (non-hydrogen) atoms. The van der Waals surface area contributed by atoms with Gasteiger partial charge in [-0.25, -0.2) is 5.90 Å². The van der Waals surface area contributed by atoms with Gasteiger partial charge in [0.1, 0.15) is 5.75 Å². The maximum absolute atomic E-state index is 6.03. The van der Waals surface area contributed by atoms with Gasteiger partial charge in [-0.2, -0.15) is 0 Å². The van der Waals surface area contributed by atoms with Crippen LogP contribution in [-0.4, -0.2) is 7.11 Å². The van der Waals surface area contributed by atoms with Gasteiger partial charge in [0, 0.05) is 0 Å². The van der Waals surface area contributed by atoms with Gasteiger partial charge in [0.05, 0.1) is 18.7 Å². The zero-order valence-electron chi connectivity index (χ0n) is 8.34. The van der Waals surface area contributed by atoms with Gasteiger partial charge >= 0.3 is 0 Å². The normalized spacial score (nSPS) is 10.3. The molecule has 0 aliphatic rings. The van der Waals surface area contributed by atoms with Gasteiger partial charge in [-0.1, -0.05) is 18.5 Å². The van der Waals surface area contributed by atoms with E-state index in [0.29, 0.717) is 11.6 Å². The van der Waals surface area contributed by atoms with Crippen LogP contribution < -0.4 is 10.6 Å². The SMILES string of the molecule is CCc1cc(CON)cc(Cl)c1OC. The zero-order valence-corrected chi connectivity index (χ0v) is 9.10. The minimum atomic E-state index is 0.358. The molecule has 0 bridgehead atoms. The summed E-state index contributed by atoms with van der Waals surface area (Å²) < 4.78 is 5.20. The number of halogens is 1. The van der Waals surface area contributed by atoms with E-state index in [0.717, 1.165) is 23.3 Å². The Morgan fingerprint density at radius 1 is 1.43 bits per heavy atom. The number of rotatable bonds is 4. The zero-order chi connectivity index (χ0) is 10.6.